The molecule has 2 aliphatic rings. The van der Waals surface area contributed by atoms with E-state index in [1.807, 2.05) is 0 Å². The van der Waals surface area contributed by atoms with E-state index >= 15 is 0 Å². The first-order valence-electron chi connectivity index (χ1n) is 8.65. The average Bonchev–Trinajstić information content (AvgIpc) is 2.52. The molecule has 1 saturated heterocycles. The van der Waals surface area contributed by atoms with Gasteiger partial charge in [0.15, 0.2) is 0 Å². The van der Waals surface area contributed by atoms with Crippen molar-refractivity contribution in [2.75, 3.05) is 38.6 Å². The number of ether oxygens (including phenoxy) is 1. The molecule has 1 N–H and O–H groups in total. The van der Waals surface area contributed by atoms with Gasteiger partial charge in [-0.25, -0.2) is 0 Å². The molecule has 0 spiro atoms. The summed E-state index contributed by atoms with van der Waals surface area (Å²) in [5.41, 5.74) is 0.171. The van der Waals surface area contributed by atoms with Gasteiger partial charge in [0.1, 0.15) is 0 Å². The number of carbonyl (C=O) groups excluding carboxylic acids is 1. The monoisotopic (exact) mass is 328 g/mol. The van der Waals surface area contributed by atoms with E-state index in [9.17, 15) is 4.79 Å². The van der Waals surface area contributed by atoms with Gasteiger partial charge in [-0.3, -0.25) is 9.69 Å². The van der Waals surface area contributed by atoms with Gasteiger partial charge in [-0.15, -0.1) is 11.8 Å². The number of hydrogen-bond acceptors (Lipinski definition) is 4. The van der Waals surface area contributed by atoms with Crippen LogP contribution in [0.25, 0.3) is 0 Å². The molecule has 1 saturated carbocycles. The van der Waals surface area contributed by atoms with Gasteiger partial charge in [-0.1, -0.05) is 40.0 Å². The Balaban J connectivity index is 1.88. The van der Waals surface area contributed by atoms with E-state index in [4.69, 9.17) is 4.74 Å². The van der Waals surface area contributed by atoms with E-state index in [-0.39, 0.29) is 16.2 Å². The molecule has 0 aromatic heterocycles. The van der Waals surface area contributed by atoms with Crippen LogP contribution in [0, 0.1) is 0 Å². The van der Waals surface area contributed by atoms with Gasteiger partial charge in [-0.05, 0) is 12.8 Å². The summed E-state index contributed by atoms with van der Waals surface area (Å²) in [6.45, 7) is 10.9. The van der Waals surface area contributed by atoms with Crippen LogP contribution in [0.3, 0.4) is 0 Å². The number of hydrogen-bond donors (Lipinski definition) is 1. The minimum Gasteiger partial charge on any atom is -0.379 e. The Bertz CT molecular complexity index is 356. The van der Waals surface area contributed by atoms with Crippen LogP contribution in [-0.4, -0.2) is 59.7 Å². The molecule has 1 aliphatic heterocycles. The maximum absolute atomic E-state index is 12.2. The standard InChI is InChI=1S/C17H32N2O2S/c1-16(2,3)22-13-15(20)18-14-17(7-5-4-6-8-17)19-9-11-21-12-10-19/h4-14H2,1-3H3,(H,18,20). The normalized spacial score (nSPS) is 23.2. The second kappa shape index (κ2) is 8.02. The van der Waals surface area contributed by atoms with Crippen LogP contribution in [-0.2, 0) is 9.53 Å². The molecule has 2 fully saturated rings. The number of rotatable bonds is 5. The van der Waals surface area contributed by atoms with Gasteiger partial charge in [0.2, 0.25) is 5.91 Å². The van der Waals surface area contributed by atoms with Crippen molar-refractivity contribution in [2.24, 2.45) is 0 Å². The number of morpholine rings is 1. The van der Waals surface area contributed by atoms with Crippen LogP contribution in [0.2, 0.25) is 0 Å². The summed E-state index contributed by atoms with van der Waals surface area (Å²) >= 11 is 1.72. The molecule has 4 nitrogen and oxygen atoms in total. The highest BCUT2D eigenvalue weighted by molar-refractivity contribution is 8.01. The Morgan fingerprint density at radius 1 is 1.18 bits per heavy atom. The highest BCUT2D eigenvalue weighted by Gasteiger charge is 2.38. The van der Waals surface area contributed by atoms with Crippen LogP contribution in [0.5, 0.6) is 0 Å². The molecule has 2 rings (SSSR count). The zero-order valence-corrected chi connectivity index (χ0v) is 15.3. The van der Waals surface area contributed by atoms with E-state index in [2.05, 4.69) is 31.0 Å². The molecular formula is C17H32N2O2S. The summed E-state index contributed by atoms with van der Waals surface area (Å²) in [7, 11) is 0. The average molecular weight is 329 g/mol. The van der Waals surface area contributed by atoms with Crippen LogP contribution in [0.15, 0.2) is 0 Å². The lowest BCUT2D eigenvalue weighted by molar-refractivity contribution is -0.119. The molecule has 128 valence electrons. The van der Waals surface area contributed by atoms with E-state index in [0.717, 1.165) is 32.8 Å². The molecule has 0 bridgehead atoms. The van der Waals surface area contributed by atoms with Gasteiger partial charge < -0.3 is 10.1 Å². The summed E-state index contributed by atoms with van der Waals surface area (Å²) in [4.78, 5) is 14.8. The van der Waals surface area contributed by atoms with Crippen molar-refractivity contribution < 1.29 is 9.53 Å². The molecule has 1 heterocycles. The molecule has 0 aromatic rings. The number of amides is 1. The maximum atomic E-state index is 12.2. The van der Waals surface area contributed by atoms with Gasteiger partial charge in [0.05, 0.1) is 19.0 Å². The van der Waals surface area contributed by atoms with E-state index in [1.165, 1.54) is 32.1 Å². The van der Waals surface area contributed by atoms with Crippen LogP contribution >= 0.6 is 11.8 Å². The lowest BCUT2D eigenvalue weighted by Gasteiger charge is -2.48. The lowest BCUT2D eigenvalue weighted by atomic mass is 9.79. The predicted molar refractivity (Wildman–Crippen MR) is 93.4 cm³/mol. The number of thioether (sulfide) groups is 1. The fraction of sp³-hybridized carbons (Fsp3) is 0.941. The first-order valence-corrected chi connectivity index (χ1v) is 9.63. The Kier molecular flexibility index (Phi) is 6.59. The van der Waals surface area contributed by atoms with Gasteiger partial charge in [-0.2, -0.15) is 0 Å². The molecule has 1 aliphatic carbocycles. The van der Waals surface area contributed by atoms with Gasteiger partial charge >= 0.3 is 0 Å². The topological polar surface area (TPSA) is 41.6 Å². The third-order valence-electron chi connectivity index (χ3n) is 4.72. The van der Waals surface area contributed by atoms with Crippen molar-refractivity contribution in [1.82, 2.24) is 10.2 Å². The Morgan fingerprint density at radius 3 is 2.41 bits per heavy atom. The van der Waals surface area contributed by atoms with Crippen molar-refractivity contribution in [3.05, 3.63) is 0 Å². The third-order valence-corrected chi connectivity index (χ3v) is 5.99. The van der Waals surface area contributed by atoms with Crippen molar-refractivity contribution in [2.45, 2.75) is 63.2 Å². The predicted octanol–water partition coefficient (Wildman–Crippen LogP) is 2.67. The van der Waals surface area contributed by atoms with Crippen molar-refractivity contribution >= 4 is 17.7 Å². The minimum absolute atomic E-state index is 0.143. The molecule has 22 heavy (non-hydrogen) atoms. The number of nitrogens with zero attached hydrogens (tertiary/aromatic N) is 1. The summed E-state index contributed by atoms with van der Waals surface area (Å²) < 4.78 is 5.65. The molecule has 0 aromatic carbocycles. The Morgan fingerprint density at radius 2 is 1.82 bits per heavy atom. The van der Waals surface area contributed by atoms with Crippen molar-refractivity contribution in [1.29, 1.82) is 0 Å². The molecule has 5 heteroatoms. The second-order valence-electron chi connectivity index (χ2n) is 7.56. The summed E-state index contributed by atoms with van der Waals surface area (Å²) in [6.07, 6.45) is 6.31. The van der Waals surface area contributed by atoms with E-state index in [1.54, 1.807) is 11.8 Å². The first-order chi connectivity index (χ1) is 10.4. The maximum Gasteiger partial charge on any atom is 0.230 e. The largest absolute Gasteiger partial charge is 0.379 e. The SMILES string of the molecule is CC(C)(C)SCC(=O)NCC1(N2CCOCC2)CCCCC1. The first kappa shape index (κ1) is 18.1. The smallest absolute Gasteiger partial charge is 0.230 e. The van der Waals surface area contributed by atoms with Crippen LogP contribution in [0.4, 0.5) is 0 Å². The van der Waals surface area contributed by atoms with Crippen molar-refractivity contribution in [3.8, 4) is 0 Å². The minimum atomic E-state index is 0.143. The van der Waals surface area contributed by atoms with Crippen LogP contribution < -0.4 is 5.32 Å². The zero-order valence-electron chi connectivity index (χ0n) is 14.5. The van der Waals surface area contributed by atoms with Gasteiger partial charge in [0, 0.05) is 29.9 Å². The highest BCUT2D eigenvalue weighted by atomic mass is 32.2. The molecular weight excluding hydrogens is 296 g/mol. The summed E-state index contributed by atoms with van der Waals surface area (Å²) in [5, 5.41) is 3.22. The number of nitrogens with one attached hydrogen (secondary N) is 1. The molecule has 1 amide bonds. The fourth-order valence-corrected chi connectivity index (χ4v) is 4.11. The Labute approximate surface area is 139 Å². The molecule has 0 unspecified atom stereocenters. The highest BCUT2D eigenvalue weighted by Crippen LogP contribution is 2.34. The van der Waals surface area contributed by atoms with Crippen LogP contribution in [0.1, 0.15) is 52.9 Å². The summed E-state index contributed by atoms with van der Waals surface area (Å²) in [5.74, 6) is 0.737. The zero-order chi connectivity index (χ0) is 16.1. The summed E-state index contributed by atoms with van der Waals surface area (Å²) in [6, 6.07) is 0. The molecule has 0 atom stereocenters. The fourth-order valence-electron chi connectivity index (χ4n) is 3.45. The number of carbonyl (C=O) groups is 1. The van der Waals surface area contributed by atoms with E-state index in [0.29, 0.717) is 5.75 Å². The Hall–Kier alpha value is -0.260. The quantitative estimate of drug-likeness (QED) is 0.842. The lowest BCUT2D eigenvalue weighted by Crippen LogP contribution is -2.59. The third kappa shape index (κ3) is 5.43. The second-order valence-corrected chi connectivity index (χ2v) is 9.36. The van der Waals surface area contributed by atoms with Crippen molar-refractivity contribution in [3.63, 3.8) is 0 Å². The van der Waals surface area contributed by atoms with E-state index < -0.39 is 0 Å². The molecule has 0 radical (unpaired) electrons. The van der Waals surface area contributed by atoms with Gasteiger partial charge in [0.25, 0.3) is 0 Å².